The number of anilines is 3. The molecule has 0 saturated carbocycles. The molecule has 7 heteroatoms. The smallest absolute Gasteiger partial charge is 0.257 e. The largest absolute Gasteiger partial charge is 0.493 e. The Balaban J connectivity index is 1.69. The number of hydrogen-bond donors (Lipinski definition) is 2. The number of aromatic nitrogens is 1. The van der Waals surface area contributed by atoms with Gasteiger partial charge in [0.1, 0.15) is 5.82 Å². The van der Waals surface area contributed by atoms with E-state index in [0.29, 0.717) is 34.1 Å². The van der Waals surface area contributed by atoms with Gasteiger partial charge in [-0.2, -0.15) is 5.26 Å². The molecule has 28 heavy (non-hydrogen) atoms. The maximum Gasteiger partial charge on any atom is 0.257 e. The van der Waals surface area contributed by atoms with Crippen molar-refractivity contribution in [1.29, 1.82) is 5.26 Å². The van der Waals surface area contributed by atoms with Gasteiger partial charge in [-0.05, 0) is 42.5 Å². The van der Waals surface area contributed by atoms with Crippen LogP contribution in [0.15, 0.2) is 60.8 Å². The van der Waals surface area contributed by atoms with Gasteiger partial charge >= 0.3 is 0 Å². The Morgan fingerprint density at radius 2 is 1.82 bits per heavy atom. The third kappa shape index (κ3) is 4.37. The molecule has 0 radical (unpaired) electrons. The van der Waals surface area contributed by atoms with Crippen molar-refractivity contribution >= 4 is 23.1 Å². The zero-order valence-corrected chi connectivity index (χ0v) is 15.4. The zero-order chi connectivity index (χ0) is 19.9. The van der Waals surface area contributed by atoms with Crippen molar-refractivity contribution < 1.29 is 14.3 Å². The summed E-state index contributed by atoms with van der Waals surface area (Å²) in [5.41, 5.74) is 2.21. The van der Waals surface area contributed by atoms with Crippen LogP contribution < -0.4 is 20.1 Å². The van der Waals surface area contributed by atoms with E-state index in [1.807, 2.05) is 12.1 Å². The summed E-state index contributed by atoms with van der Waals surface area (Å²) in [5, 5.41) is 14.8. The van der Waals surface area contributed by atoms with Crippen molar-refractivity contribution in [1.82, 2.24) is 4.98 Å². The summed E-state index contributed by atoms with van der Waals surface area (Å²) in [7, 11) is 3.15. The van der Waals surface area contributed by atoms with Crippen molar-refractivity contribution in [3.8, 4) is 17.6 Å². The average molecular weight is 374 g/mol. The standard InChI is InChI=1S/C21H18N4O3/c1-27-18-8-7-17(11-19(18)28-2)24-20-9-6-15(13-23-20)21(26)25-16-5-3-4-14(10-16)12-22/h3-11,13H,1-2H3,(H,23,24)(H,25,26). The fourth-order valence-electron chi connectivity index (χ4n) is 2.53. The molecule has 0 fully saturated rings. The summed E-state index contributed by atoms with van der Waals surface area (Å²) in [6.45, 7) is 0. The lowest BCUT2D eigenvalue weighted by atomic mass is 10.2. The Kier molecular flexibility index (Phi) is 5.72. The van der Waals surface area contributed by atoms with Gasteiger partial charge in [0.2, 0.25) is 0 Å². The number of ether oxygens (including phenoxy) is 2. The summed E-state index contributed by atoms with van der Waals surface area (Å²) in [4.78, 5) is 16.6. The monoisotopic (exact) mass is 374 g/mol. The topological polar surface area (TPSA) is 96.3 Å². The highest BCUT2D eigenvalue weighted by Crippen LogP contribution is 2.30. The Morgan fingerprint density at radius 3 is 2.50 bits per heavy atom. The molecule has 7 nitrogen and oxygen atoms in total. The fourth-order valence-corrected chi connectivity index (χ4v) is 2.53. The Bertz CT molecular complexity index is 1030. The van der Waals surface area contributed by atoms with Gasteiger partial charge in [-0.3, -0.25) is 4.79 Å². The van der Waals surface area contributed by atoms with E-state index in [-0.39, 0.29) is 5.91 Å². The van der Waals surface area contributed by atoms with Crippen LogP contribution in [-0.4, -0.2) is 25.1 Å². The van der Waals surface area contributed by atoms with Gasteiger partial charge in [0.15, 0.2) is 11.5 Å². The number of nitrogens with zero attached hydrogens (tertiary/aromatic N) is 2. The number of nitrogens with one attached hydrogen (secondary N) is 2. The van der Waals surface area contributed by atoms with Crippen LogP contribution in [0.3, 0.4) is 0 Å². The molecule has 3 aromatic rings. The molecular weight excluding hydrogens is 356 g/mol. The normalized spacial score (nSPS) is 9.89. The van der Waals surface area contributed by atoms with Crippen LogP contribution in [-0.2, 0) is 0 Å². The Hall–Kier alpha value is -4.05. The van der Waals surface area contributed by atoms with Crippen molar-refractivity contribution in [3.63, 3.8) is 0 Å². The van der Waals surface area contributed by atoms with Crippen molar-refractivity contribution in [3.05, 3.63) is 71.9 Å². The second-order valence-corrected chi connectivity index (χ2v) is 5.77. The quantitative estimate of drug-likeness (QED) is 0.678. The van der Waals surface area contributed by atoms with Crippen molar-refractivity contribution in [2.75, 3.05) is 24.9 Å². The molecule has 0 spiro atoms. The number of rotatable bonds is 6. The summed E-state index contributed by atoms with van der Waals surface area (Å²) in [6.07, 6.45) is 1.48. The molecule has 1 amide bonds. The van der Waals surface area contributed by atoms with E-state index in [4.69, 9.17) is 14.7 Å². The first-order valence-corrected chi connectivity index (χ1v) is 8.39. The van der Waals surface area contributed by atoms with Crippen LogP contribution in [0.1, 0.15) is 15.9 Å². The highest BCUT2D eigenvalue weighted by molar-refractivity contribution is 6.04. The molecule has 1 aromatic heterocycles. The van der Waals surface area contributed by atoms with E-state index in [2.05, 4.69) is 15.6 Å². The van der Waals surface area contributed by atoms with Gasteiger partial charge in [0.05, 0.1) is 31.4 Å². The van der Waals surface area contributed by atoms with E-state index in [0.717, 1.165) is 5.69 Å². The minimum Gasteiger partial charge on any atom is -0.493 e. The molecule has 0 unspecified atom stereocenters. The lowest BCUT2D eigenvalue weighted by Crippen LogP contribution is -2.12. The number of hydrogen-bond acceptors (Lipinski definition) is 6. The number of carbonyl (C=O) groups is 1. The molecule has 0 aliphatic heterocycles. The molecule has 0 aliphatic carbocycles. The second-order valence-electron chi connectivity index (χ2n) is 5.77. The first-order chi connectivity index (χ1) is 13.6. The second kappa shape index (κ2) is 8.56. The fraction of sp³-hybridized carbons (Fsp3) is 0.0952. The average Bonchev–Trinajstić information content (AvgIpc) is 2.74. The molecule has 0 bridgehead atoms. The third-order valence-corrected chi connectivity index (χ3v) is 3.93. The molecule has 0 atom stereocenters. The summed E-state index contributed by atoms with van der Waals surface area (Å²) in [6, 6.07) is 17.5. The molecule has 2 N–H and O–H groups in total. The molecule has 0 saturated heterocycles. The van der Waals surface area contributed by atoms with Crippen LogP contribution in [0.5, 0.6) is 11.5 Å². The summed E-state index contributed by atoms with van der Waals surface area (Å²) >= 11 is 0. The van der Waals surface area contributed by atoms with E-state index in [1.165, 1.54) is 6.20 Å². The van der Waals surface area contributed by atoms with E-state index >= 15 is 0 Å². The minimum atomic E-state index is -0.305. The van der Waals surface area contributed by atoms with Crippen LogP contribution in [0.25, 0.3) is 0 Å². The highest BCUT2D eigenvalue weighted by Gasteiger charge is 2.09. The van der Waals surface area contributed by atoms with Gasteiger partial charge in [-0.25, -0.2) is 4.98 Å². The first-order valence-electron chi connectivity index (χ1n) is 8.39. The molecule has 2 aromatic carbocycles. The Morgan fingerprint density at radius 1 is 1.00 bits per heavy atom. The van der Waals surface area contributed by atoms with Crippen molar-refractivity contribution in [2.24, 2.45) is 0 Å². The van der Waals surface area contributed by atoms with Gasteiger partial charge < -0.3 is 20.1 Å². The number of carbonyl (C=O) groups excluding carboxylic acids is 1. The SMILES string of the molecule is COc1ccc(Nc2ccc(C(=O)Nc3cccc(C#N)c3)cn2)cc1OC. The van der Waals surface area contributed by atoms with Gasteiger partial charge in [0.25, 0.3) is 5.91 Å². The van der Waals surface area contributed by atoms with E-state index < -0.39 is 0 Å². The zero-order valence-electron chi connectivity index (χ0n) is 15.4. The lowest BCUT2D eigenvalue weighted by Gasteiger charge is -2.11. The molecule has 1 heterocycles. The van der Waals surface area contributed by atoms with E-state index in [9.17, 15) is 4.79 Å². The minimum absolute atomic E-state index is 0.305. The maximum absolute atomic E-state index is 12.4. The van der Waals surface area contributed by atoms with Crippen LogP contribution >= 0.6 is 0 Å². The number of pyridine rings is 1. The number of methoxy groups -OCH3 is 2. The molecular formula is C21H18N4O3. The van der Waals surface area contributed by atoms with Crippen molar-refractivity contribution in [2.45, 2.75) is 0 Å². The highest BCUT2D eigenvalue weighted by atomic mass is 16.5. The van der Waals surface area contributed by atoms with Crippen LogP contribution in [0.2, 0.25) is 0 Å². The van der Waals surface area contributed by atoms with Gasteiger partial charge in [0, 0.05) is 23.6 Å². The maximum atomic E-state index is 12.4. The van der Waals surface area contributed by atoms with Gasteiger partial charge in [-0.1, -0.05) is 6.07 Å². The van der Waals surface area contributed by atoms with Crippen LogP contribution in [0, 0.1) is 11.3 Å². The number of amides is 1. The summed E-state index contributed by atoms with van der Waals surface area (Å²) < 4.78 is 10.5. The number of nitriles is 1. The number of benzene rings is 2. The molecule has 0 aliphatic rings. The first kappa shape index (κ1) is 18.7. The Labute approximate surface area is 162 Å². The predicted molar refractivity (Wildman–Crippen MR) is 106 cm³/mol. The predicted octanol–water partition coefficient (Wildman–Crippen LogP) is 3.97. The lowest BCUT2D eigenvalue weighted by molar-refractivity contribution is 0.102. The molecule has 3 rings (SSSR count). The van der Waals surface area contributed by atoms with E-state index in [1.54, 1.807) is 62.8 Å². The molecule has 140 valence electrons. The third-order valence-electron chi connectivity index (χ3n) is 3.93. The summed E-state index contributed by atoms with van der Waals surface area (Å²) in [5.74, 6) is 1.51. The van der Waals surface area contributed by atoms with Gasteiger partial charge in [-0.15, -0.1) is 0 Å². The van der Waals surface area contributed by atoms with Crippen LogP contribution in [0.4, 0.5) is 17.2 Å².